The lowest BCUT2D eigenvalue weighted by Gasteiger charge is -2.09. The number of phenols is 1. The zero-order valence-corrected chi connectivity index (χ0v) is 7.67. The van der Waals surface area contributed by atoms with E-state index < -0.39 is 0 Å². The lowest BCUT2D eigenvalue weighted by molar-refractivity contribution is 0.474. The molecule has 64 valence electrons. The van der Waals surface area contributed by atoms with Crippen molar-refractivity contribution in [2.75, 3.05) is 0 Å². The molecule has 0 aliphatic heterocycles. The van der Waals surface area contributed by atoms with Gasteiger partial charge in [-0.25, -0.2) is 0 Å². The van der Waals surface area contributed by atoms with Crippen LogP contribution in [-0.2, 0) is 0 Å². The third kappa shape index (κ3) is 1.62. The van der Waals surface area contributed by atoms with Gasteiger partial charge in [-0.2, -0.15) is 0 Å². The van der Waals surface area contributed by atoms with Crippen molar-refractivity contribution in [2.45, 2.75) is 12.8 Å². The van der Waals surface area contributed by atoms with E-state index in [9.17, 15) is 5.11 Å². The highest BCUT2D eigenvalue weighted by Crippen LogP contribution is 2.31. The first kappa shape index (κ1) is 9.14. The molecule has 0 aliphatic carbocycles. The normalized spacial score (nSPS) is 12.5. The first-order chi connectivity index (χ1) is 5.66. The minimum absolute atomic E-state index is 0.128. The smallest absolute Gasteiger partial charge is 0.134 e. The molecule has 1 nitrogen and oxygen atoms in total. The molecule has 0 aliphatic rings. The quantitative estimate of drug-likeness (QED) is 0.696. The Balaban J connectivity index is 3.15. The van der Waals surface area contributed by atoms with Crippen LogP contribution in [0.1, 0.15) is 18.4 Å². The van der Waals surface area contributed by atoms with E-state index in [0.717, 1.165) is 5.56 Å². The minimum atomic E-state index is 0.128. The second-order valence-corrected chi connectivity index (χ2v) is 3.08. The molecule has 2 heteroatoms. The standard InChI is InChI=1S/C10H11ClO/c1-3-7(2)8-5-4-6-9(12)10(8)11/h3-7,12H,1H2,2H3. The van der Waals surface area contributed by atoms with Crippen LogP contribution in [0.15, 0.2) is 30.9 Å². The fourth-order valence-corrected chi connectivity index (χ4v) is 1.31. The second-order valence-electron chi connectivity index (χ2n) is 2.70. The van der Waals surface area contributed by atoms with Crippen molar-refractivity contribution in [1.82, 2.24) is 0 Å². The predicted octanol–water partition coefficient (Wildman–Crippen LogP) is 3.34. The molecular weight excluding hydrogens is 172 g/mol. The molecular formula is C10H11ClO. The Morgan fingerprint density at radius 2 is 2.25 bits per heavy atom. The fraction of sp³-hybridized carbons (Fsp3) is 0.200. The van der Waals surface area contributed by atoms with Crippen LogP contribution < -0.4 is 0 Å². The summed E-state index contributed by atoms with van der Waals surface area (Å²) in [4.78, 5) is 0. The van der Waals surface area contributed by atoms with E-state index in [0.29, 0.717) is 5.02 Å². The van der Waals surface area contributed by atoms with Gasteiger partial charge in [0.05, 0.1) is 5.02 Å². The molecule has 1 aromatic carbocycles. The molecule has 1 unspecified atom stereocenters. The molecule has 0 fully saturated rings. The maximum atomic E-state index is 9.28. The summed E-state index contributed by atoms with van der Waals surface area (Å²) in [6.45, 7) is 5.65. The van der Waals surface area contributed by atoms with Crippen LogP contribution in [0.5, 0.6) is 5.75 Å². The lowest BCUT2D eigenvalue weighted by atomic mass is 10.0. The number of halogens is 1. The van der Waals surface area contributed by atoms with Crippen molar-refractivity contribution in [3.8, 4) is 5.75 Å². The van der Waals surface area contributed by atoms with E-state index in [-0.39, 0.29) is 11.7 Å². The molecule has 1 N–H and O–H groups in total. The van der Waals surface area contributed by atoms with Crippen LogP contribution in [0.3, 0.4) is 0 Å². The van der Waals surface area contributed by atoms with Gasteiger partial charge in [-0.05, 0) is 11.6 Å². The first-order valence-electron chi connectivity index (χ1n) is 3.76. The molecule has 0 radical (unpaired) electrons. The van der Waals surface area contributed by atoms with Crippen molar-refractivity contribution < 1.29 is 5.11 Å². The van der Waals surface area contributed by atoms with Crippen molar-refractivity contribution in [3.63, 3.8) is 0 Å². The number of hydrogen-bond acceptors (Lipinski definition) is 1. The topological polar surface area (TPSA) is 20.2 Å². The molecule has 0 heterocycles. The van der Waals surface area contributed by atoms with Gasteiger partial charge in [0.25, 0.3) is 0 Å². The Morgan fingerprint density at radius 3 is 2.83 bits per heavy atom. The molecule has 1 rings (SSSR count). The van der Waals surface area contributed by atoms with E-state index in [4.69, 9.17) is 11.6 Å². The molecule has 0 aromatic heterocycles. The average Bonchev–Trinajstić information content (AvgIpc) is 2.08. The van der Waals surface area contributed by atoms with E-state index in [2.05, 4.69) is 6.58 Å². The minimum Gasteiger partial charge on any atom is -0.506 e. The molecule has 1 aromatic rings. The number of hydrogen-bond donors (Lipinski definition) is 1. The molecule has 0 bridgehead atoms. The monoisotopic (exact) mass is 182 g/mol. The van der Waals surface area contributed by atoms with E-state index in [1.54, 1.807) is 18.2 Å². The third-order valence-electron chi connectivity index (χ3n) is 1.85. The maximum absolute atomic E-state index is 9.28. The molecule has 0 saturated heterocycles. The Morgan fingerprint density at radius 1 is 1.58 bits per heavy atom. The van der Waals surface area contributed by atoms with Gasteiger partial charge in [0.15, 0.2) is 0 Å². The summed E-state index contributed by atoms with van der Waals surface area (Å²) >= 11 is 5.87. The van der Waals surface area contributed by atoms with Crippen LogP contribution in [0.25, 0.3) is 0 Å². The average molecular weight is 183 g/mol. The zero-order chi connectivity index (χ0) is 9.14. The molecule has 0 spiro atoms. The molecule has 0 saturated carbocycles. The van der Waals surface area contributed by atoms with Gasteiger partial charge in [0.2, 0.25) is 0 Å². The third-order valence-corrected chi connectivity index (χ3v) is 2.26. The summed E-state index contributed by atoms with van der Waals surface area (Å²) in [6.07, 6.45) is 1.79. The number of allylic oxidation sites excluding steroid dienone is 1. The van der Waals surface area contributed by atoms with Gasteiger partial charge in [0, 0.05) is 5.92 Å². The van der Waals surface area contributed by atoms with Crippen molar-refractivity contribution in [1.29, 1.82) is 0 Å². The molecule has 1 atom stereocenters. The highest BCUT2D eigenvalue weighted by atomic mass is 35.5. The summed E-state index contributed by atoms with van der Waals surface area (Å²) in [5.41, 5.74) is 0.909. The molecule has 12 heavy (non-hydrogen) atoms. The largest absolute Gasteiger partial charge is 0.506 e. The fourth-order valence-electron chi connectivity index (χ4n) is 1.02. The van der Waals surface area contributed by atoms with Crippen molar-refractivity contribution in [2.24, 2.45) is 0 Å². The van der Waals surface area contributed by atoms with Gasteiger partial charge in [0.1, 0.15) is 5.75 Å². The summed E-state index contributed by atoms with van der Waals surface area (Å²) in [5, 5.41) is 9.70. The van der Waals surface area contributed by atoms with Gasteiger partial charge >= 0.3 is 0 Å². The Kier molecular flexibility index (Phi) is 2.77. The second kappa shape index (κ2) is 3.63. The van der Waals surface area contributed by atoms with Crippen LogP contribution in [0.2, 0.25) is 5.02 Å². The SMILES string of the molecule is C=CC(C)c1cccc(O)c1Cl. The van der Waals surface area contributed by atoms with Gasteiger partial charge < -0.3 is 5.11 Å². The van der Waals surface area contributed by atoms with Crippen molar-refractivity contribution >= 4 is 11.6 Å². The Bertz CT molecular complexity index is 294. The van der Waals surface area contributed by atoms with Gasteiger partial charge in [-0.15, -0.1) is 6.58 Å². The summed E-state index contributed by atoms with van der Waals surface area (Å²) in [5.74, 6) is 0.299. The Labute approximate surface area is 77.3 Å². The van der Waals surface area contributed by atoms with E-state index in [1.165, 1.54) is 0 Å². The summed E-state index contributed by atoms with van der Waals surface area (Å²) in [7, 11) is 0. The highest BCUT2D eigenvalue weighted by molar-refractivity contribution is 6.32. The first-order valence-corrected chi connectivity index (χ1v) is 4.14. The highest BCUT2D eigenvalue weighted by Gasteiger charge is 2.08. The lowest BCUT2D eigenvalue weighted by Crippen LogP contribution is -1.89. The van der Waals surface area contributed by atoms with Gasteiger partial charge in [-0.1, -0.05) is 36.7 Å². The maximum Gasteiger partial charge on any atom is 0.134 e. The Hall–Kier alpha value is -0.950. The number of rotatable bonds is 2. The zero-order valence-electron chi connectivity index (χ0n) is 6.92. The summed E-state index contributed by atoms with van der Waals surface area (Å²) in [6, 6.07) is 5.23. The van der Waals surface area contributed by atoms with E-state index >= 15 is 0 Å². The van der Waals surface area contributed by atoms with Gasteiger partial charge in [-0.3, -0.25) is 0 Å². The van der Waals surface area contributed by atoms with Crippen LogP contribution in [0.4, 0.5) is 0 Å². The predicted molar refractivity (Wildman–Crippen MR) is 51.7 cm³/mol. The van der Waals surface area contributed by atoms with Crippen LogP contribution in [-0.4, -0.2) is 5.11 Å². The number of phenolic OH excluding ortho intramolecular Hbond substituents is 1. The summed E-state index contributed by atoms with van der Waals surface area (Å²) < 4.78 is 0. The van der Waals surface area contributed by atoms with Crippen LogP contribution in [0, 0.1) is 0 Å². The number of aromatic hydroxyl groups is 1. The number of benzene rings is 1. The van der Waals surface area contributed by atoms with Crippen molar-refractivity contribution in [3.05, 3.63) is 41.4 Å². The van der Waals surface area contributed by atoms with E-state index in [1.807, 2.05) is 13.0 Å². The van der Waals surface area contributed by atoms with Crippen LogP contribution >= 0.6 is 11.6 Å². The molecule has 0 amide bonds.